The van der Waals surface area contributed by atoms with Gasteiger partial charge in [-0.25, -0.2) is 9.20 Å². The molecule has 1 N–H and O–H groups in total. The first-order valence-corrected chi connectivity index (χ1v) is 9.86. The number of aromatic nitrogens is 4. The SMILES string of the molecule is Cc1c(Cl)cccc1NC(=O)Cn1ncn2nc(-c3ccc(Br)cc3)cc2c1=O. The highest BCUT2D eigenvalue weighted by Crippen LogP contribution is 2.23. The van der Waals surface area contributed by atoms with Gasteiger partial charge in [0.2, 0.25) is 5.91 Å². The van der Waals surface area contributed by atoms with E-state index in [1.54, 1.807) is 24.3 Å². The molecule has 2 aromatic heterocycles. The number of fused-ring (bicyclic) bond motifs is 1. The lowest BCUT2D eigenvalue weighted by molar-refractivity contribution is -0.117. The van der Waals surface area contributed by atoms with Crippen LogP contribution in [0.1, 0.15) is 5.56 Å². The standard InChI is InChI=1S/C20H15BrClN5O2/c1-12-15(22)3-2-4-16(12)24-19(28)10-26-20(29)18-9-17(25-27(18)11-23-26)13-5-7-14(21)8-6-13/h2-9,11H,10H2,1H3,(H,24,28). The summed E-state index contributed by atoms with van der Waals surface area (Å²) < 4.78 is 3.47. The zero-order valence-electron chi connectivity index (χ0n) is 15.3. The number of hydrogen-bond acceptors (Lipinski definition) is 4. The van der Waals surface area contributed by atoms with E-state index in [4.69, 9.17) is 11.6 Å². The van der Waals surface area contributed by atoms with Crippen molar-refractivity contribution in [1.82, 2.24) is 19.4 Å². The number of hydrogen-bond donors (Lipinski definition) is 1. The Labute approximate surface area is 179 Å². The second kappa shape index (κ2) is 7.81. The van der Waals surface area contributed by atoms with E-state index in [0.29, 0.717) is 21.9 Å². The van der Waals surface area contributed by atoms with Crippen molar-refractivity contribution in [2.75, 3.05) is 5.32 Å². The summed E-state index contributed by atoms with van der Waals surface area (Å²) in [5, 5.41) is 11.8. The quantitative estimate of drug-likeness (QED) is 0.488. The molecule has 4 rings (SSSR count). The van der Waals surface area contributed by atoms with E-state index >= 15 is 0 Å². The van der Waals surface area contributed by atoms with Crippen LogP contribution < -0.4 is 10.9 Å². The highest BCUT2D eigenvalue weighted by Gasteiger charge is 2.13. The lowest BCUT2D eigenvalue weighted by atomic mass is 10.1. The molecule has 0 radical (unpaired) electrons. The van der Waals surface area contributed by atoms with Crippen molar-refractivity contribution in [2.45, 2.75) is 13.5 Å². The Kier molecular flexibility index (Phi) is 5.21. The van der Waals surface area contributed by atoms with E-state index in [1.807, 2.05) is 31.2 Å². The topological polar surface area (TPSA) is 81.3 Å². The maximum absolute atomic E-state index is 12.8. The molecule has 0 bridgehead atoms. The molecule has 29 heavy (non-hydrogen) atoms. The number of amides is 1. The van der Waals surface area contributed by atoms with Gasteiger partial charge in [-0.3, -0.25) is 9.59 Å². The first-order chi connectivity index (χ1) is 13.9. The molecule has 4 aromatic rings. The minimum atomic E-state index is -0.402. The average Bonchev–Trinajstić information content (AvgIpc) is 3.13. The van der Waals surface area contributed by atoms with Crippen LogP contribution in [0.4, 0.5) is 5.69 Å². The molecule has 0 fully saturated rings. The second-order valence-electron chi connectivity index (χ2n) is 6.42. The number of anilines is 1. The molecule has 2 heterocycles. The molecule has 0 unspecified atom stereocenters. The normalized spacial score (nSPS) is 11.0. The van der Waals surface area contributed by atoms with E-state index in [2.05, 4.69) is 31.4 Å². The van der Waals surface area contributed by atoms with Crippen molar-refractivity contribution in [2.24, 2.45) is 0 Å². The van der Waals surface area contributed by atoms with Gasteiger partial charge in [-0.15, -0.1) is 0 Å². The van der Waals surface area contributed by atoms with Crippen LogP contribution in [0, 0.1) is 6.92 Å². The van der Waals surface area contributed by atoms with E-state index in [-0.39, 0.29) is 12.5 Å². The monoisotopic (exact) mass is 471 g/mol. The molecule has 0 spiro atoms. The third kappa shape index (κ3) is 3.94. The maximum Gasteiger partial charge on any atom is 0.293 e. The van der Waals surface area contributed by atoms with E-state index in [9.17, 15) is 9.59 Å². The zero-order valence-corrected chi connectivity index (χ0v) is 17.6. The van der Waals surface area contributed by atoms with E-state index in [1.165, 1.54) is 10.8 Å². The van der Waals surface area contributed by atoms with E-state index < -0.39 is 5.56 Å². The van der Waals surface area contributed by atoms with Crippen molar-refractivity contribution in [1.29, 1.82) is 0 Å². The van der Waals surface area contributed by atoms with Gasteiger partial charge in [0, 0.05) is 20.7 Å². The number of nitrogens with zero attached hydrogens (tertiary/aromatic N) is 4. The molecule has 1 amide bonds. The fraction of sp³-hybridized carbons (Fsp3) is 0.100. The van der Waals surface area contributed by atoms with Crippen molar-refractivity contribution >= 4 is 44.6 Å². The summed E-state index contributed by atoms with van der Waals surface area (Å²) in [5.74, 6) is -0.373. The van der Waals surface area contributed by atoms with Crippen LogP contribution >= 0.6 is 27.5 Å². The van der Waals surface area contributed by atoms with E-state index in [0.717, 1.165) is 20.3 Å². The Morgan fingerprint density at radius 3 is 2.72 bits per heavy atom. The highest BCUT2D eigenvalue weighted by atomic mass is 79.9. The number of carbonyl (C=O) groups excluding carboxylic acids is 1. The molecule has 0 aliphatic heterocycles. The van der Waals surface area contributed by atoms with Gasteiger partial charge in [-0.2, -0.15) is 10.2 Å². The predicted octanol–water partition coefficient (Wildman–Crippen LogP) is 3.92. The number of rotatable bonds is 4. The zero-order chi connectivity index (χ0) is 20.5. The Balaban J connectivity index is 1.60. The van der Waals surface area contributed by atoms with Gasteiger partial charge in [-0.1, -0.05) is 45.7 Å². The molecule has 0 saturated carbocycles. The molecule has 2 aromatic carbocycles. The maximum atomic E-state index is 12.8. The van der Waals surface area contributed by atoms with Gasteiger partial charge >= 0.3 is 0 Å². The fourth-order valence-corrected chi connectivity index (χ4v) is 3.32. The Morgan fingerprint density at radius 2 is 1.97 bits per heavy atom. The molecular formula is C20H15BrClN5O2. The van der Waals surface area contributed by atoms with Crippen LogP contribution in [-0.4, -0.2) is 25.3 Å². The summed E-state index contributed by atoms with van der Waals surface area (Å²) in [6, 6.07) is 14.5. The van der Waals surface area contributed by atoms with Crippen LogP contribution in [0.3, 0.4) is 0 Å². The van der Waals surface area contributed by atoms with Crippen LogP contribution in [-0.2, 0) is 11.3 Å². The summed E-state index contributed by atoms with van der Waals surface area (Å²) in [6.07, 6.45) is 1.41. The molecule has 0 aliphatic rings. The molecule has 146 valence electrons. The summed E-state index contributed by atoms with van der Waals surface area (Å²) in [7, 11) is 0. The second-order valence-corrected chi connectivity index (χ2v) is 7.74. The van der Waals surface area contributed by atoms with Crippen molar-refractivity contribution < 1.29 is 4.79 Å². The van der Waals surface area contributed by atoms with Crippen LogP contribution in [0.5, 0.6) is 0 Å². The van der Waals surface area contributed by atoms with Gasteiger partial charge in [0.15, 0.2) is 0 Å². The Bertz CT molecular complexity index is 1280. The molecule has 0 saturated heterocycles. The summed E-state index contributed by atoms with van der Waals surface area (Å²) in [5.41, 5.74) is 2.81. The summed E-state index contributed by atoms with van der Waals surface area (Å²) in [4.78, 5) is 25.2. The number of halogens is 2. The smallest absolute Gasteiger partial charge is 0.293 e. The molecule has 9 heteroatoms. The number of nitrogens with one attached hydrogen (secondary N) is 1. The Morgan fingerprint density at radius 1 is 1.21 bits per heavy atom. The van der Waals surface area contributed by atoms with Crippen LogP contribution in [0.15, 0.2) is 64.1 Å². The number of benzene rings is 2. The van der Waals surface area contributed by atoms with Crippen molar-refractivity contribution in [3.05, 3.63) is 80.3 Å². The van der Waals surface area contributed by atoms with Gasteiger partial charge in [0.05, 0.1) is 5.69 Å². The molecule has 7 nitrogen and oxygen atoms in total. The average molecular weight is 473 g/mol. The summed E-state index contributed by atoms with van der Waals surface area (Å²) in [6.45, 7) is 1.59. The molecule has 0 atom stereocenters. The van der Waals surface area contributed by atoms with Gasteiger partial charge < -0.3 is 5.32 Å². The lowest BCUT2D eigenvalue weighted by Crippen LogP contribution is -2.30. The number of carbonyl (C=O) groups is 1. The van der Waals surface area contributed by atoms with Crippen molar-refractivity contribution in [3.63, 3.8) is 0 Å². The van der Waals surface area contributed by atoms with Gasteiger partial charge in [-0.05, 0) is 42.8 Å². The third-order valence-electron chi connectivity index (χ3n) is 4.46. The van der Waals surface area contributed by atoms with Gasteiger partial charge in [0.25, 0.3) is 5.56 Å². The van der Waals surface area contributed by atoms with Crippen LogP contribution in [0.2, 0.25) is 5.02 Å². The van der Waals surface area contributed by atoms with Crippen molar-refractivity contribution in [3.8, 4) is 11.3 Å². The molecular weight excluding hydrogens is 458 g/mol. The minimum Gasteiger partial charge on any atom is -0.324 e. The highest BCUT2D eigenvalue weighted by molar-refractivity contribution is 9.10. The largest absolute Gasteiger partial charge is 0.324 e. The first kappa shape index (κ1) is 19.4. The Hall–Kier alpha value is -2.97. The lowest BCUT2D eigenvalue weighted by Gasteiger charge is -2.10. The van der Waals surface area contributed by atoms with Gasteiger partial charge in [0.1, 0.15) is 18.4 Å². The summed E-state index contributed by atoms with van der Waals surface area (Å²) >= 11 is 9.47. The van der Waals surface area contributed by atoms with Crippen LogP contribution in [0.25, 0.3) is 16.8 Å². The first-order valence-electron chi connectivity index (χ1n) is 8.69. The molecule has 0 aliphatic carbocycles. The predicted molar refractivity (Wildman–Crippen MR) is 115 cm³/mol. The minimum absolute atomic E-state index is 0.222. The third-order valence-corrected chi connectivity index (χ3v) is 5.40. The fourth-order valence-electron chi connectivity index (χ4n) is 2.88.